The highest BCUT2D eigenvalue weighted by Gasteiger charge is 2.11. The average molecular weight is 262 g/mol. The number of anilines is 1. The zero-order valence-corrected chi connectivity index (χ0v) is 10.3. The van der Waals surface area contributed by atoms with Crippen LogP contribution in [0.1, 0.15) is 6.42 Å². The van der Waals surface area contributed by atoms with Gasteiger partial charge in [-0.25, -0.2) is 12.8 Å². The van der Waals surface area contributed by atoms with Crippen molar-refractivity contribution in [2.45, 2.75) is 6.42 Å². The Morgan fingerprint density at radius 3 is 2.76 bits per heavy atom. The SMILES string of the molecule is COc1cc(NS(=O)(=O)CCCN)ccc1F. The standard InChI is InChI=1S/C10H15FN2O3S/c1-16-10-7-8(3-4-9(10)11)13-17(14,15)6-2-5-12/h3-4,7,13H,2,5-6,12H2,1H3. The van der Waals surface area contributed by atoms with Crippen molar-refractivity contribution in [3.05, 3.63) is 24.0 Å². The van der Waals surface area contributed by atoms with Gasteiger partial charge in [0.05, 0.1) is 18.6 Å². The fraction of sp³-hybridized carbons (Fsp3) is 0.400. The predicted molar refractivity (Wildman–Crippen MR) is 64.0 cm³/mol. The smallest absolute Gasteiger partial charge is 0.232 e. The van der Waals surface area contributed by atoms with Gasteiger partial charge in [-0.15, -0.1) is 0 Å². The van der Waals surface area contributed by atoms with Crippen LogP contribution in [-0.2, 0) is 10.0 Å². The first-order valence-corrected chi connectivity index (χ1v) is 6.68. The number of hydrogen-bond acceptors (Lipinski definition) is 4. The second-order valence-corrected chi connectivity index (χ2v) is 5.25. The highest BCUT2D eigenvalue weighted by atomic mass is 32.2. The Labute approximate surface area is 99.8 Å². The molecule has 0 aliphatic rings. The Balaban J connectivity index is 2.81. The molecule has 5 nitrogen and oxygen atoms in total. The van der Waals surface area contributed by atoms with Crippen LogP contribution in [0, 0.1) is 5.82 Å². The number of rotatable bonds is 6. The number of benzene rings is 1. The van der Waals surface area contributed by atoms with Crippen molar-refractivity contribution >= 4 is 15.7 Å². The fourth-order valence-corrected chi connectivity index (χ4v) is 2.36. The summed E-state index contributed by atoms with van der Waals surface area (Å²) >= 11 is 0. The van der Waals surface area contributed by atoms with E-state index in [1.165, 1.54) is 19.2 Å². The van der Waals surface area contributed by atoms with Gasteiger partial charge in [-0.1, -0.05) is 0 Å². The van der Waals surface area contributed by atoms with Gasteiger partial charge in [0.15, 0.2) is 11.6 Å². The van der Waals surface area contributed by atoms with E-state index in [1.54, 1.807) is 0 Å². The van der Waals surface area contributed by atoms with E-state index in [0.29, 0.717) is 13.0 Å². The number of sulfonamides is 1. The normalized spacial score (nSPS) is 11.2. The van der Waals surface area contributed by atoms with Crippen LogP contribution in [0.5, 0.6) is 5.75 Å². The first-order valence-electron chi connectivity index (χ1n) is 5.02. The van der Waals surface area contributed by atoms with E-state index in [1.807, 2.05) is 0 Å². The Bertz CT molecular complexity index is 476. The molecule has 0 saturated heterocycles. The van der Waals surface area contributed by atoms with Crippen molar-refractivity contribution in [3.8, 4) is 5.75 Å². The van der Waals surface area contributed by atoms with Crippen LogP contribution in [-0.4, -0.2) is 27.8 Å². The molecule has 0 aromatic heterocycles. The summed E-state index contributed by atoms with van der Waals surface area (Å²) in [5, 5.41) is 0. The van der Waals surface area contributed by atoms with Crippen LogP contribution in [0.4, 0.5) is 10.1 Å². The van der Waals surface area contributed by atoms with E-state index in [9.17, 15) is 12.8 Å². The summed E-state index contributed by atoms with van der Waals surface area (Å²) in [6, 6.07) is 3.76. The molecule has 96 valence electrons. The van der Waals surface area contributed by atoms with Crippen molar-refractivity contribution in [2.24, 2.45) is 5.73 Å². The molecule has 0 saturated carbocycles. The quantitative estimate of drug-likeness (QED) is 0.799. The molecule has 0 fully saturated rings. The van der Waals surface area contributed by atoms with Crippen molar-refractivity contribution in [3.63, 3.8) is 0 Å². The number of ether oxygens (including phenoxy) is 1. The molecule has 0 amide bonds. The van der Waals surface area contributed by atoms with Gasteiger partial charge in [0.25, 0.3) is 0 Å². The van der Waals surface area contributed by atoms with Gasteiger partial charge < -0.3 is 10.5 Å². The molecule has 0 radical (unpaired) electrons. The lowest BCUT2D eigenvalue weighted by atomic mass is 10.3. The van der Waals surface area contributed by atoms with Crippen LogP contribution in [0.25, 0.3) is 0 Å². The van der Waals surface area contributed by atoms with Crippen LogP contribution in [0.3, 0.4) is 0 Å². The van der Waals surface area contributed by atoms with E-state index >= 15 is 0 Å². The zero-order chi connectivity index (χ0) is 12.9. The lowest BCUT2D eigenvalue weighted by Crippen LogP contribution is -2.19. The maximum atomic E-state index is 13.1. The Hall–Kier alpha value is -1.34. The summed E-state index contributed by atoms with van der Waals surface area (Å²) in [6.07, 6.45) is 0.369. The van der Waals surface area contributed by atoms with E-state index < -0.39 is 15.8 Å². The molecule has 1 aromatic rings. The molecular weight excluding hydrogens is 247 g/mol. The molecular formula is C10H15FN2O3S. The number of nitrogens with one attached hydrogen (secondary N) is 1. The third-order valence-electron chi connectivity index (χ3n) is 2.04. The molecule has 0 bridgehead atoms. The third-order valence-corrected chi connectivity index (χ3v) is 3.41. The highest BCUT2D eigenvalue weighted by molar-refractivity contribution is 7.92. The van der Waals surface area contributed by atoms with Crippen molar-refractivity contribution in [1.82, 2.24) is 0 Å². The number of hydrogen-bond donors (Lipinski definition) is 2. The Morgan fingerprint density at radius 1 is 1.47 bits per heavy atom. The van der Waals surface area contributed by atoms with Gasteiger partial charge in [-0.3, -0.25) is 4.72 Å². The Kier molecular flexibility index (Phi) is 4.71. The molecule has 0 aliphatic carbocycles. The average Bonchev–Trinajstić information content (AvgIpc) is 2.29. The minimum atomic E-state index is -3.44. The summed E-state index contributed by atoms with van der Waals surface area (Å²) in [5.41, 5.74) is 5.50. The summed E-state index contributed by atoms with van der Waals surface area (Å²) in [6.45, 7) is 0.299. The van der Waals surface area contributed by atoms with Gasteiger partial charge >= 0.3 is 0 Å². The van der Waals surface area contributed by atoms with Crippen LogP contribution in [0.15, 0.2) is 18.2 Å². The van der Waals surface area contributed by atoms with Gasteiger partial charge in [0.1, 0.15) is 0 Å². The van der Waals surface area contributed by atoms with Crippen molar-refractivity contribution in [2.75, 3.05) is 24.1 Å². The molecule has 0 heterocycles. The maximum absolute atomic E-state index is 13.1. The molecule has 1 aromatic carbocycles. The maximum Gasteiger partial charge on any atom is 0.232 e. The lowest BCUT2D eigenvalue weighted by molar-refractivity contribution is 0.387. The summed E-state index contributed by atoms with van der Waals surface area (Å²) in [7, 11) is -2.13. The monoisotopic (exact) mass is 262 g/mol. The van der Waals surface area contributed by atoms with Gasteiger partial charge in [-0.2, -0.15) is 0 Å². The topological polar surface area (TPSA) is 81.4 Å². The van der Waals surface area contributed by atoms with E-state index in [-0.39, 0.29) is 17.2 Å². The molecule has 3 N–H and O–H groups in total. The zero-order valence-electron chi connectivity index (χ0n) is 9.44. The molecule has 7 heteroatoms. The number of methoxy groups -OCH3 is 1. The second kappa shape index (κ2) is 5.83. The molecule has 0 aliphatic heterocycles. The fourth-order valence-electron chi connectivity index (χ4n) is 1.23. The summed E-state index contributed by atoms with van der Waals surface area (Å²) < 4.78 is 43.2. The minimum Gasteiger partial charge on any atom is -0.494 e. The van der Waals surface area contributed by atoms with Gasteiger partial charge in [0, 0.05) is 6.07 Å². The first kappa shape index (κ1) is 13.7. The van der Waals surface area contributed by atoms with Crippen LogP contribution in [0.2, 0.25) is 0 Å². The third kappa shape index (κ3) is 4.20. The number of halogens is 1. The lowest BCUT2D eigenvalue weighted by Gasteiger charge is -2.09. The predicted octanol–water partition coefficient (Wildman–Crippen LogP) is 0.925. The summed E-state index contributed by atoms with van der Waals surface area (Å²) in [4.78, 5) is 0. The minimum absolute atomic E-state index is 0.0102. The molecule has 17 heavy (non-hydrogen) atoms. The van der Waals surface area contributed by atoms with Crippen molar-refractivity contribution in [1.29, 1.82) is 0 Å². The second-order valence-electron chi connectivity index (χ2n) is 3.41. The largest absolute Gasteiger partial charge is 0.494 e. The van der Waals surface area contributed by atoms with Crippen LogP contribution < -0.4 is 15.2 Å². The van der Waals surface area contributed by atoms with E-state index in [2.05, 4.69) is 4.72 Å². The molecule has 0 spiro atoms. The molecule has 0 unspecified atom stereocenters. The van der Waals surface area contributed by atoms with E-state index in [4.69, 9.17) is 10.5 Å². The van der Waals surface area contributed by atoms with Crippen molar-refractivity contribution < 1.29 is 17.5 Å². The van der Waals surface area contributed by atoms with Crippen LogP contribution >= 0.6 is 0 Å². The van der Waals surface area contributed by atoms with Gasteiger partial charge in [-0.05, 0) is 25.1 Å². The van der Waals surface area contributed by atoms with E-state index in [0.717, 1.165) is 6.07 Å². The molecule has 0 atom stereocenters. The number of nitrogens with two attached hydrogens (primary N) is 1. The molecule has 1 rings (SSSR count). The van der Waals surface area contributed by atoms with Gasteiger partial charge in [0.2, 0.25) is 10.0 Å². The summed E-state index contributed by atoms with van der Waals surface area (Å²) in [5.74, 6) is -0.621. The highest BCUT2D eigenvalue weighted by Crippen LogP contribution is 2.22. The Morgan fingerprint density at radius 2 is 2.18 bits per heavy atom. The first-order chi connectivity index (χ1) is 7.98.